The van der Waals surface area contributed by atoms with Crippen molar-refractivity contribution in [3.63, 3.8) is 0 Å². The van der Waals surface area contributed by atoms with Crippen molar-refractivity contribution in [2.24, 2.45) is 5.92 Å². The molecule has 0 saturated heterocycles. The fraction of sp³-hybridized carbons (Fsp3) is 0.444. The highest BCUT2D eigenvalue weighted by Gasteiger charge is 2.17. The van der Waals surface area contributed by atoms with Crippen molar-refractivity contribution in [1.29, 1.82) is 0 Å². The molecule has 0 fully saturated rings. The summed E-state index contributed by atoms with van der Waals surface area (Å²) in [5.74, 6) is 2.03. The smallest absolute Gasteiger partial charge is 0.319 e. The lowest BCUT2D eigenvalue weighted by molar-refractivity contribution is 0.0949. The molecule has 8 heteroatoms. The lowest BCUT2D eigenvalue weighted by Crippen LogP contribution is -2.29. The summed E-state index contributed by atoms with van der Waals surface area (Å²) < 4.78 is 2.05. The zero-order chi connectivity index (χ0) is 18.5. The van der Waals surface area contributed by atoms with E-state index in [1.807, 2.05) is 18.4 Å². The molecule has 8 nitrogen and oxygen atoms in total. The SMILES string of the molecule is CC(C)CNC(=O)c1ccc(NC(=O)NCc2nnc3n2CCC3)cc1. The zero-order valence-corrected chi connectivity index (χ0v) is 15.1. The summed E-state index contributed by atoms with van der Waals surface area (Å²) >= 11 is 0. The summed E-state index contributed by atoms with van der Waals surface area (Å²) in [6.45, 7) is 5.95. The van der Waals surface area contributed by atoms with E-state index >= 15 is 0 Å². The van der Waals surface area contributed by atoms with Crippen LogP contribution in [0.2, 0.25) is 0 Å². The van der Waals surface area contributed by atoms with Crippen molar-refractivity contribution < 1.29 is 9.59 Å². The summed E-state index contributed by atoms with van der Waals surface area (Å²) in [5.41, 5.74) is 1.19. The first-order valence-corrected chi connectivity index (χ1v) is 8.87. The Bertz CT molecular complexity index is 781. The lowest BCUT2D eigenvalue weighted by atomic mass is 10.1. The number of fused-ring (bicyclic) bond motifs is 1. The molecular formula is C18H24N6O2. The van der Waals surface area contributed by atoms with Crippen LogP contribution in [0, 0.1) is 5.92 Å². The van der Waals surface area contributed by atoms with Gasteiger partial charge in [-0.2, -0.15) is 0 Å². The summed E-state index contributed by atoms with van der Waals surface area (Å²) in [4.78, 5) is 24.0. The van der Waals surface area contributed by atoms with Crippen LogP contribution >= 0.6 is 0 Å². The maximum atomic E-state index is 12.0. The number of carbonyl (C=O) groups excluding carboxylic acids is 2. The number of urea groups is 1. The topological polar surface area (TPSA) is 101 Å². The Morgan fingerprint density at radius 2 is 1.92 bits per heavy atom. The van der Waals surface area contributed by atoms with Gasteiger partial charge in [0.05, 0.1) is 6.54 Å². The average molecular weight is 356 g/mol. The van der Waals surface area contributed by atoms with Crippen molar-refractivity contribution in [1.82, 2.24) is 25.4 Å². The number of carbonyl (C=O) groups is 2. The maximum absolute atomic E-state index is 12.0. The molecule has 3 N–H and O–H groups in total. The summed E-state index contributed by atoms with van der Waals surface area (Å²) in [5, 5.41) is 16.6. The van der Waals surface area contributed by atoms with Crippen LogP contribution in [-0.2, 0) is 19.5 Å². The second kappa shape index (κ2) is 7.99. The van der Waals surface area contributed by atoms with Crippen LogP contribution in [0.5, 0.6) is 0 Å². The predicted octanol–water partition coefficient (Wildman–Crippen LogP) is 1.93. The van der Waals surface area contributed by atoms with Crippen LogP contribution < -0.4 is 16.0 Å². The number of nitrogens with one attached hydrogen (secondary N) is 3. The molecule has 2 aromatic rings. The number of rotatable bonds is 6. The number of amides is 3. The molecule has 1 aromatic carbocycles. The molecule has 0 atom stereocenters. The molecule has 1 aliphatic heterocycles. The van der Waals surface area contributed by atoms with Gasteiger partial charge in [-0.3, -0.25) is 4.79 Å². The molecule has 2 heterocycles. The average Bonchev–Trinajstić information content (AvgIpc) is 3.22. The molecule has 0 radical (unpaired) electrons. The van der Waals surface area contributed by atoms with Gasteiger partial charge in [-0.1, -0.05) is 13.8 Å². The van der Waals surface area contributed by atoms with E-state index in [1.165, 1.54) is 0 Å². The summed E-state index contributed by atoms with van der Waals surface area (Å²) in [7, 11) is 0. The van der Waals surface area contributed by atoms with Gasteiger partial charge in [0, 0.05) is 30.8 Å². The lowest BCUT2D eigenvalue weighted by Gasteiger charge is -2.10. The van der Waals surface area contributed by atoms with Crippen LogP contribution in [-0.4, -0.2) is 33.2 Å². The van der Waals surface area contributed by atoms with Crippen LogP contribution in [0.15, 0.2) is 24.3 Å². The fourth-order valence-electron chi connectivity index (χ4n) is 2.78. The van der Waals surface area contributed by atoms with E-state index in [0.717, 1.165) is 31.0 Å². The van der Waals surface area contributed by atoms with E-state index in [2.05, 4.69) is 26.1 Å². The molecule has 3 amide bonds. The van der Waals surface area contributed by atoms with Crippen LogP contribution in [0.4, 0.5) is 10.5 Å². The number of aryl methyl sites for hydroxylation is 1. The standard InChI is InChI=1S/C18H24N6O2/c1-12(2)10-19-17(25)13-5-7-14(8-6-13)21-18(26)20-11-16-23-22-15-4-3-9-24(15)16/h5-8,12H,3-4,9-11H2,1-2H3,(H,19,25)(H2,20,21,26). The van der Waals surface area contributed by atoms with Gasteiger partial charge in [-0.25, -0.2) is 4.79 Å². The molecule has 0 aliphatic carbocycles. The molecule has 1 aromatic heterocycles. The van der Waals surface area contributed by atoms with Gasteiger partial charge >= 0.3 is 6.03 Å². The van der Waals surface area contributed by atoms with E-state index in [1.54, 1.807) is 24.3 Å². The second-order valence-electron chi connectivity index (χ2n) is 6.78. The molecule has 1 aliphatic rings. The Morgan fingerprint density at radius 3 is 2.65 bits per heavy atom. The Morgan fingerprint density at radius 1 is 1.15 bits per heavy atom. The van der Waals surface area contributed by atoms with Gasteiger partial charge in [-0.05, 0) is 36.6 Å². The van der Waals surface area contributed by atoms with E-state index in [4.69, 9.17) is 0 Å². The maximum Gasteiger partial charge on any atom is 0.319 e. The molecule has 0 saturated carbocycles. The number of aromatic nitrogens is 3. The third-order valence-corrected chi connectivity index (χ3v) is 4.17. The van der Waals surface area contributed by atoms with Crippen LogP contribution in [0.1, 0.15) is 42.3 Å². The van der Waals surface area contributed by atoms with Crippen LogP contribution in [0.3, 0.4) is 0 Å². The molecule has 3 rings (SSSR count). The fourth-order valence-corrected chi connectivity index (χ4v) is 2.78. The summed E-state index contributed by atoms with van der Waals surface area (Å²) in [6, 6.07) is 6.47. The molecular weight excluding hydrogens is 332 g/mol. The third kappa shape index (κ3) is 4.38. The highest BCUT2D eigenvalue weighted by molar-refractivity contribution is 5.95. The minimum Gasteiger partial charge on any atom is -0.352 e. The first kappa shape index (κ1) is 17.9. The highest BCUT2D eigenvalue weighted by atomic mass is 16.2. The van der Waals surface area contributed by atoms with Crippen LogP contribution in [0.25, 0.3) is 0 Å². The molecule has 26 heavy (non-hydrogen) atoms. The van der Waals surface area contributed by atoms with Gasteiger partial charge < -0.3 is 20.5 Å². The van der Waals surface area contributed by atoms with E-state index < -0.39 is 0 Å². The van der Waals surface area contributed by atoms with E-state index in [-0.39, 0.29) is 11.9 Å². The number of anilines is 1. The quantitative estimate of drug-likeness (QED) is 0.736. The third-order valence-electron chi connectivity index (χ3n) is 4.17. The van der Waals surface area contributed by atoms with Gasteiger partial charge in [0.15, 0.2) is 5.82 Å². The van der Waals surface area contributed by atoms with Crippen molar-refractivity contribution in [2.75, 3.05) is 11.9 Å². The molecule has 138 valence electrons. The van der Waals surface area contributed by atoms with Crippen molar-refractivity contribution in [3.05, 3.63) is 41.5 Å². The predicted molar refractivity (Wildman–Crippen MR) is 97.8 cm³/mol. The first-order chi connectivity index (χ1) is 12.5. The van der Waals surface area contributed by atoms with Crippen molar-refractivity contribution in [2.45, 2.75) is 39.8 Å². The number of nitrogens with zero attached hydrogens (tertiary/aromatic N) is 3. The van der Waals surface area contributed by atoms with E-state index in [0.29, 0.717) is 30.3 Å². The Labute approximate surface area is 152 Å². The minimum absolute atomic E-state index is 0.115. The number of benzene rings is 1. The van der Waals surface area contributed by atoms with Gasteiger partial charge in [0.1, 0.15) is 5.82 Å². The molecule has 0 spiro atoms. The Balaban J connectivity index is 1.49. The van der Waals surface area contributed by atoms with Crippen molar-refractivity contribution >= 4 is 17.6 Å². The highest BCUT2D eigenvalue weighted by Crippen LogP contribution is 2.14. The number of hydrogen-bond acceptors (Lipinski definition) is 4. The Hall–Kier alpha value is -2.90. The monoisotopic (exact) mass is 356 g/mol. The van der Waals surface area contributed by atoms with Gasteiger partial charge in [0.25, 0.3) is 5.91 Å². The minimum atomic E-state index is -0.322. The van der Waals surface area contributed by atoms with Gasteiger partial charge in [-0.15, -0.1) is 10.2 Å². The second-order valence-corrected chi connectivity index (χ2v) is 6.78. The van der Waals surface area contributed by atoms with Crippen molar-refractivity contribution in [3.8, 4) is 0 Å². The number of hydrogen-bond donors (Lipinski definition) is 3. The first-order valence-electron chi connectivity index (χ1n) is 8.87. The zero-order valence-electron chi connectivity index (χ0n) is 15.1. The molecule has 0 bridgehead atoms. The Kier molecular flexibility index (Phi) is 5.50. The summed E-state index contributed by atoms with van der Waals surface area (Å²) in [6.07, 6.45) is 2.01. The largest absolute Gasteiger partial charge is 0.352 e. The van der Waals surface area contributed by atoms with Gasteiger partial charge in [0.2, 0.25) is 0 Å². The van der Waals surface area contributed by atoms with E-state index in [9.17, 15) is 9.59 Å². The normalized spacial score (nSPS) is 12.7. The molecule has 0 unspecified atom stereocenters.